The van der Waals surface area contributed by atoms with Crippen molar-refractivity contribution in [2.45, 2.75) is 77.4 Å². The first-order valence-electron chi connectivity index (χ1n) is 19.1. The minimum atomic E-state index is -1.57. The van der Waals surface area contributed by atoms with Crippen LogP contribution in [0.3, 0.4) is 0 Å². The van der Waals surface area contributed by atoms with Crippen LogP contribution in [0.25, 0.3) is 5.70 Å². The number of aryl methyl sites for hydroxylation is 1. The van der Waals surface area contributed by atoms with Crippen molar-refractivity contribution in [1.82, 2.24) is 44.7 Å². The molecule has 2 aromatic heterocycles. The van der Waals surface area contributed by atoms with Gasteiger partial charge in [0.25, 0.3) is 17.7 Å². The number of ether oxygens (including phenoxy) is 1. The maximum Gasteiger partial charge on any atom is 0.352 e. The number of quaternary nitrogens is 1. The van der Waals surface area contributed by atoms with Crippen molar-refractivity contribution >= 4 is 63.5 Å². The third-order valence-corrected chi connectivity index (χ3v) is 12.2. The molecule has 59 heavy (non-hydrogen) atoms. The Labute approximate surface area is 348 Å². The summed E-state index contributed by atoms with van der Waals surface area (Å²) in [5.74, 6) is -4.43. The Bertz CT molecular complexity index is 2120. The van der Waals surface area contributed by atoms with Gasteiger partial charge in [-0.1, -0.05) is 32.9 Å². The Morgan fingerprint density at radius 2 is 1.90 bits per heavy atom. The number of tetrazole rings is 1. The fourth-order valence-electron chi connectivity index (χ4n) is 7.48. The van der Waals surface area contributed by atoms with Crippen LogP contribution in [0.15, 0.2) is 22.9 Å². The molecule has 1 aromatic carbocycles. The van der Waals surface area contributed by atoms with Crippen molar-refractivity contribution in [2.24, 2.45) is 12.2 Å². The number of β-lactam (4-membered cyclic amide) rings is 1. The average Bonchev–Trinajstić information content (AvgIpc) is 3.98. The second-order valence-electron chi connectivity index (χ2n) is 14.1. The lowest BCUT2D eigenvalue weighted by atomic mass is 10.00. The number of thioether (sulfide) groups is 1. The summed E-state index contributed by atoms with van der Waals surface area (Å²) in [6, 6.07) is 1.03. The molecule has 0 aliphatic carbocycles. The number of carbonyl (C=O) groups excluding carboxylic acids is 4. The molecule has 320 valence electrons. The first-order valence-corrected chi connectivity index (χ1v) is 21.0. The number of anilines is 1. The van der Waals surface area contributed by atoms with Gasteiger partial charge in [-0.15, -0.1) is 16.9 Å². The van der Waals surface area contributed by atoms with Crippen LogP contribution in [0, 0.1) is 5.82 Å². The lowest BCUT2D eigenvalue weighted by Gasteiger charge is -2.52. The topological polar surface area (TPSA) is 253 Å². The van der Waals surface area contributed by atoms with E-state index < -0.39 is 63.7 Å². The summed E-state index contributed by atoms with van der Waals surface area (Å²) in [4.78, 5) is 66.0. The molecule has 0 spiro atoms. The number of oxime groups is 1. The van der Waals surface area contributed by atoms with E-state index in [0.29, 0.717) is 47.9 Å². The first kappa shape index (κ1) is 44.7. The van der Waals surface area contributed by atoms with Crippen LogP contribution < -0.4 is 11.1 Å². The SMILES string of the molecule is CC.CC.COC(=O)C(C)(C)O/N=C(\C(=O)N[C@@H]1C(=O)N2C(c3nnnn3C)=C(C[N@+]34CCC[C@H]3CN(C(=O)c3cc(O)c(O)c(F)c3)CC4)CS[C@H]12)c1nsc(N)n1. The highest BCUT2D eigenvalue weighted by molar-refractivity contribution is 8.00. The van der Waals surface area contributed by atoms with E-state index in [4.69, 9.17) is 15.3 Å². The van der Waals surface area contributed by atoms with Crippen molar-refractivity contribution in [3.05, 3.63) is 40.7 Å². The number of rotatable bonds is 10. The zero-order valence-electron chi connectivity index (χ0n) is 34.1. The summed E-state index contributed by atoms with van der Waals surface area (Å²) >= 11 is 2.29. The van der Waals surface area contributed by atoms with E-state index in [1.807, 2.05) is 27.7 Å². The number of nitrogen functional groups attached to an aromatic ring is 1. The number of hydrogen-bond donors (Lipinski definition) is 4. The molecule has 23 heteroatoms. The van der Waals surface area contributed by atoms with Crippen LogP contribution in [0.4, 0.5) is 9.52 Å². The normalized spacial score (nSPS) is 22.5. The van der Waals surface area contributed by atoms with E-state index in [1.54, 1.807) is 16.8 Å². The number of halogens is 1. The number of benzene rings is 1. The Hall–Kier alpha value is -5.42. The summed E-state index contributed by atoms with van der Waals surface area (Å²) in [7, 11) is 2.86. The number of aromatic hydroxyl groups is 2. The Balaban J connectivity index is 0.00000160. The summed E-state index contributed by atoms with van der Waals surface area (Å²) < 4.78 is 25.1. The van der Waals surface area contributed by atoms with Gasteiger partial charge < -0.3 is 40.2 Å². The van der Waals surface area contributed by atoms with Crippen LogP contribution in [-0.4, -0.2) is 152 Å². The van der Waals surface area contributed by atoms with Crippen molar-refractivity contribution in [2.75, 3.05) is 51.3 Å². The number of methoxy groups -OCH3 is 1. The van der Waals surface area contributed by atoms with Crippen LogP contribution in [0.5, 0.6) is 11.5 Å². The molecule has 7 rings (SSSR count). The Morgan fingerprint density at radius 1 is 1.17 bits per heavy atom. The van der Waals surface area contributed by atoms with Crippen LogP contribution in [0.2, 0.25) is 0 Å². The molecule has 3 amide bonds. The average molecular weight is 862 g/mol. The number of hydrogen-bond acceptors (Lipinski definition) is 17. The number of phenols is 2. The second kappa shape index (κ2) is 18.2. The van der Waals surface area contributed by atoms with Crippen LogP contribution in [-0.2, 0) is 31.0 Å². The van der Waals surface area contributed by atoms with Crippen molar-refractivity contribution in [3.8, 4) is 11.5 Å². The standard InChI is InChI=1S/C32H37FN12O8S2.2C2H6/c1-32(2,30(51)52-4)53-38-20(24-36-31(34)55-39-24)26(48)35-21-28(50)44-22(25-37-40-41-42(25)3)16(14-54-29(21)44)13-45-8-5-6-17(45)12-43(7-9-45)27(49)15-10-18(33)23(47)19(46)11-15;2*1-2/h10-11,17,21,29H,5-9,12-14H2,1-4H3,(H4-,34,35,36,38,39,40,41,46,47,48,49);2*1-2H3/p+1/t17-,21+,29+,45+;;/m0../s1. The monoisotopic (exact) mass is 861 g/mol. The number of piperazine rings is 1. The minimum absolute atomic E-state index is 0.0407. The number of nitrogens with two attached hydrogens (primary N) is 1. The summed E-state index contributed by atoms with van der Waals surface area (Å²) in [6.45, 7) is 13.5. The van der Waals surface area contributed by atoms with Gasteiger partial charge in [0.2, 0.25) is 17.1 Å². The molecule has 0 saturated carbocycles. The highest BCUT2D eigenvalue weighted by atomic mass is 32.2. The molecule has 0 bridgehead atoms. The van der Waals surface area contributed by atoms with E-state index in [0.717, 1.165) is 48.6 Å². The maximum absolute atomic E-state index is 14.2. The van der Waals surface area contributed by atoms with E-state index in [-0.39, 0.29) is 22.6 Å². The fraction of sp³-hybridized carbons (Fsp3) is 0.556. The molecule has 4 aliphatic rings. The molecule has 3 saturated heterocycles. The predicted molar refractivity (Wildman–Crippen MR) is 215 cm³/mol. The summed E-state index contributed by atoms with van der Waals surface area (Å²) in [6.07, 6.45) is 1.75. The molecule has 3 fully saturated rings. The number of nitrogens with one attached hydrogen (secondary N) is 1. The Morgan fingerprint density at radius 3 is 2.53 bits per heavy atom. The predicted octanol–water partition coefficient (Wildman–Crippen LogP) is 1.87. The van der Waals surface area contributed by atoms with Crippen molar-refractivity contribution < 1.29 is 47.8 Å². The third kappa shape index (κ3) is 8.67. The number of phenolic OH excluding ortho intramolecular Hbond substituents is 2. The van der Waals surface area contributed by atoms with Crippen LogP contribution in [0.1, 0.15) is 76.4 Å². The van der Waals surface area contributed by atoms with E-state index >= 15 is 0 Å². The fourth-order valence-corrected chi connectivity index (χ4v) is 9.25. The van der Waals surface area contributed by atoms with Crippen molar-refractivity contribution in [1.29, 1.82) is 0 Å². The first-order chi connectivity index (χ1) is 28.1. The number of fused-ring (bicyclic) bond motifs is 2. The highest BCUT2D eigenvalue weighted by Gasteiger charge is 2.56. The van der Waals surface area contributed by atoms with Gasteiger partial charge in [-0.05, 0) is 36.4 Å². The summed E-state index contributed by atoms with van der Waals surface area (Å²) in [5, 5.41) is 37.8. The highest BCUT2D eigenvalue weighted by Crippen LogP contribution is 2.45. The zero-order valence-corrected chi connectivity index (χ0v) is 35.8. The van der Waals surface area contributed by atoms with Crippen LogP contribution >= 0.6 is 23.3 Å². The minimum Gasteiger partial charge on any atom is -0.504 e. The van der Waals surface area contributed by atoms with Gasteiger partial charge in [0.05, 0.1) is 39.0 Å². The molecular formula is C36H50FN12O8S2+. The van der Waals surface area contributed by atoms with Gasteiger partial charge in [-0.3, -0.25) is 19.3 Å². The molecule has 4 aliphatic heterocycles. The largest absolute Gasteiger partial charge is 0.504 e. The Kier molecular flexibility index (Phi) is 13.8. The number of carbonyl (C=O) groups is 4. The van der Waals surface area contributed by atoms with Gasteiger partial charge in [0.1, 0.15) is 24.0 Å². The maximum atomic E-state index is 14.2. The van der Waals surface area contributed by atoms with Gasteiger partial charge in [0, 0.05) is 48.3 Å². The van der Waals surface area contributed by atoms with Gasteiger partial charge in [-0.25, -0.2) is 13.9 Å². The van der Waals surface area contributed by atoms with E-state index in [9.17, 15) is 33.8 Å². The smallest absolute Gasteiger partial charge is 0.352 e. The summed E-state index contributed by atoms with van der Waals surface area (Å²) in [5.41, 5.74) is 5.23. The molecule has 20 nitrogen and oxygen atoms in total. The second-order valence-corrected chi connectivity index (χ2v) is 16.0. The van der Waals surface area contributed by atoms with Gasteiger partial charge in [0.15, 0.2) is 28.3 Å². The van der Waals surface area contributed by atoms with E-state index in [1.165, 1.54) is 37.4 Å². The van der Waals surface area contributed by atoms with Crippen molar-refractivity contribution in [3.63, 3.8) is 0 Å². The molecule has 6 heterocycles. The number of nitrogens with zero attached hydrogens (tertiary/aromatic N) is 10. The van der Waals surface area contributed by atoms with Gasteiger partial charge in [-0.2, -0.15) is 9.36 Å². The van der Waals surface area contributed by atoms with E-state index in [2.05, 4.69) is 35.4 Å². The molecule has 4 atom stereocenters. The number of esters is 1. The molecule has 0 unspecified atom stereocenters. The lowest BCUT2D eigenvalue weighted by Crippen LogP contribution is -2.70. The van der Waals surface area contributed by atoms with Gasteiger partial charge >= 0.3 is 5.97 Å². The lowest BCUT2D eigenvalue weighted by molar-refractivity contribution is -0.938. The molecule has 0 radical (unpaired) electrons. The number of amides is 3. The molecule has 3 aromatic rings. The quantitative estimate of drug-likeness (QED) is 0.0567. The molecular weight excluding hydrogens is 812 g/mol. The molecule has 5 N–H and O–H groups in total. The number of aromatic nitrogens is 6. The third-order valence-electron chi connectivity index (χ3n) is 10.3. The zero-order chi connectivity index (χ0) is 43.4.